The summed E-state index contributed by atoms with van der Waals surface area (Å²) in [6, 6.07) is 27.1. The van der Waals surface area contributed by atoms with Crippen LogP contribution in [0.5, 0.6) is 5.75 Å². The molecule has 5 rings (SSSR count). The van der Waals surface area contributed by atoms with Crippen LogP contribution in [0.3, 0.4) is 0 Å². The summed E-state index contributed by atoms with van der Waals surface area (Å²) in [5.41, 5.74) is 5.18. The number of hydrogen-bond donors (Lipinski definition) is 4. The third-order valence-electron chi connectivity index (χ3n) is 11.8. The summed E-state index contributed by atoms with van der Waals surface area (Å²) in [5, 5.41) is 12.8. The number of carbonyl (C=O) groups excluding carboxylic acids is 5. The first-order valence-electron chi connectivity index (χ1n) is 25.5. The van der Waals surface area contributed by atoms with Crippen molar-refractivity contribution in [3.63, 3.8) is 0 Å². The molecule has 0 saturated heterocycles. The van der Waals surface area contributed by atoms with Crippen LogP contribution in [0.15, 0.2) is 91.0 Å². The maximum Gasteiger partial charge on any atom is 0.410 e. The van der Waals surface area contributed by atoms with Gasteiger partial charge in [0.25, 0.3) is 11.8 Å². The Labute approximate surface area is 446 Å². The van der Waals surface area contributed by atoms with Crippen LogP contribution in [-0.2, 0) is 42.8 Å². The number of rotatable bonds is 30. The van der Waals surface area contributed by atoms with Gasteiger partial charge in [0.1, 0.15) is 17.4 Å². The van der Waals surface area contributed by atoms with Crippen LogP contribution in [0.4, 0.5) is 21.9 Å². The molecule has 3 atom stereocenters. The minimum atomic E-state index is -0.704. The highest BCUT2D eigenvalue weighted by molar-refractivity contribution is 6.30. The van der Waals surface area contributed by atoms with Crippen LogP contribution < -0.4 is 30.9 Å². The summed E-state index contributed by atoms with van der Waals surface area (Å²) < 4.78 is 38.8. The molecular formula is C56H75ClN6O12. The van der Waals surface area contributed by atoms with E-state index in [0.717, 1.165) is 34.5 Å². The average Bonchev–Trinajstić information content (AvgIpc) is 3.38. The summed E-state index contributed by atoms with van der Waals surface area (Å²) in [5.74, 6) is -0.381. The molecule has 1 aliphatic heterocycles. The van der Waals surface area contributed by atoms with E-state index in [1.807, 2.05) is 60.4 Å². The Kier molecular flexibility index (Phi) is 24.6. The summed E-state index contributed by atoms with van der Waals surface area (Å²) >= 11 is 6.12. The lowest BCUT2D eigenvalue weighted by atomic mass is 9.88. The van der Waals surface area contributed by atoms with Gasteiger partial charge in [-0.2, -0.15) is 0 Å². The van der Waals surface area contributed by atoms with Crippen LogP contribution in [0.25, 0.3) is 11.1 Å². The minimum absolute atomic E-state index is 0.000572. The molecule has 5 amide bonds. The number of carbonyl (C=O) groups is 5. The molecule has 1 unspecified atom stereocenters. The lowest BCUT2D eigenvalue weighted by Crippen LogP contribution is -2.46. The zero-order valence-corrected chi connectivity index (χ0v) is 45.1. The number of ether oxygens (including phenoxy) is 7. The van der Waals surface area contributed by atoms with E-state index in [1.54, 1.807) is 71.1 Å². The van der Waals surface area contributed by atoms with Gasteiger partial charge in [0.2, 0.25) is 11.8 Å². The van der Waals surface area contributed by atoms with Gasteiger partial charge >= 0.3 is 6.09 Å². The zero-order valence-electron chi connectivity index (χ0n) is 44.4. The number of nitrogens with one attached hydrogen (secondary N) is 4. The van der Waals surface area contributed by atoms with Gasteiger partial charge in [-0.3, -0.25) is 24.1 Å². The molecule has 0 bridgehead atoms. The second kappa shape index (κ2) is 30.9. The number of likely N-dealkylation sites (N-methyl/N-ethyl adjacent to an activating group) is 1. The van der Waals surface area contributed by atoms with Gasteiger partial charge in [0.15, 0.2) is 6.61 Å². The fraction of sp³-hybridized carbons (Fsp3) is 0.482. The number of amides is 5. The molecule has 4 aromatic carbocycles. The highest BCUT2D eigenvalue weighted by Gasteiger charge is 2.33. The van der Waals surface area contributed by atoms with Crippen molar-refractivity contribution in [2.75, 3.05) is 108 Å². The van der Waals surface area contributed by atoms with Crippen molar-refractivity contribution in [1.29, 1.82) is 0 Å². The van der Waals surface area contributed by atoms with E-state index in [0.29, 0.717) is 114 Å². The van der Waals surface area contributed by atoms with Gasteiger partial charge in [-0.05, 0) is 130 Å². The normalized spacial score (nSPS) is 14.5. The first kappa shape index (κ1) is 59.6. The van der Waals surface area contributed by atoms with Gasteiger partial charge in [-0.15, -0.1) is 0 Å². The second-order valence-corrected chi connectivity index (χ2v) is 19.3. The predicted octanol–water partition coefficient (Wildman–Crippen LogP) is 8.29. The Morgan fingerprint density at radius 2 is 1.27 bits per heavy atom. The van der Waals surface area contributed by atoms with Crippen molar-refractivity contribution in [2.24, 2.45) is 0 Å². The molecule has 18 nitrogen and oxygen atoms in total. The Morgan fingerprint density at radius 1 is 0.720 bits per heavy atom. The second-order valence-electron chi connectivity index (χ2n) is 18.9. The molecule has 0 aliphatic carbocycles. The van der Waals surface area contributed by atoms with E-state index >= 15 is 0 Å². The molecule has 4 N–H and O–H groups in total. The lowest BCUT2D eigenvalue weighted by Gasteiger charge is -2.39. The fourth-order valence-corrected chi connectivity index (χ4v) is 8.23. The van der Waals surface area contributed by atoms with E-state index < -0.39 is 17.7 Å². The molecule has 1 heterocycles. The van der Waals surface area contributed by atoms with Crippen molar-refractivity contribution in [3.8, 4) is 16.9 Å². The molecule has 408 valence electrons. The van der Waals surface area contributed by atoms with E-state index in [4.69, 9.17) is 44.8 Å². The minimum Gasteiger partial charge on any atom is -0.484 e. The number of benzene rings is 4. The fourth-order valence-electron chi connectivity index (χ4n) is 8.10. The van der Waals surface area contributed by atoms with Crippen molar-refractivity contribution < 1.29 is 57.1 Å². The Balaban J connectivity index is 0.833. The highest BCUT2D eigenvalue weighted by Crippen LogP contribution is 2.41. The molecule has 0 radical (unpaired) electrons. The van der Waals surface area contributed by atoms with Crippen molar-refractivity contribution in [3.05, 3.63) is 107 Å². The summed E-state index contributed by atoms with van der Waals surface area (Å²) in [6.45, 7) is 15.1. The molecule has 0 saturated carbocycles. The van der Waals surface area contributed by atoms with Gasteiger partial charge < -0.3 is 59.3 Å². The highest BCUT2D eigenvalue weighted by atomic mass is 35.5. The number of fused-ring (bicyclic) bond motifs is 1. The topological polar surface area (TPSA) is 205 Å². The number of hydrogen-bond acceptors (Lipinski definition) is 13. The van der Waals surface area contributed by atoms with Gasteiger partial charge in [0.05, 0.1) is 72.1 Å². The molecule has 0 spiro atoms. The molecule has 19 heteroatoms. The zero-order chi connectivity index (χ0) is 54.2. The van der Waals surface area contributed by atoms with Crippen molar-refractivity contribution in [1.82, 2.24) is 15.5 Å². The quantitative estimate of drug-likeness (QED) is 0.0364. The van der Waals surface area contributed by atoms with Crippen LogP contribution >= 0.6 is 11.6 Å². The van der Waals surface area contributed by atoms with E-state index in [1.165, 1.54) is 4.90 Å². The van der Waals surface area contributed by atoms with E-state index in [-0.39, 0.29) is 42.3 Å². The Morgan fingerprint density at radius 3 is 1.83 bits per heavy atom. The lowest BCUT2D eigenvalue weighted by molar-refractivity contribution is -0.123. The van der Waals surface area contributed by atoms with E-state index in [2.05, 4.69) is 34.3 Å². The van der Waals surface area contributed by atoms with Gasteiger partial charge in [0, 0.05) is 60.8 Å². The molecular weight excluding hydrogens is 984 g/mol. The van der Waals surface area contributed by atoms with Crippen LogP contribution in [0.2, 0.25) is 5.02 Å². The van der Waals surface area contributed by atoms with Crippen LogP contribution in [0, 0.1) is 0 Å². The maximum atomic E-state index is 13.0. The van der Waals surface area contributed by atoms with Crippen molar-refractivity contribution >= 4 is 58.4 Å². The average molecular weight is 1060 g/mol. The predicted molar refractivity (Wildman–Crippen MR) is 290 cm³/mol. The van der Waals surface area contributed by atoms with E-state index in [9.17, 15) is 24.0 Å². The Hall–Kier alpha value is -6.28. The number of nitrogens with zero attached hydrogens (tertiary/aromatic N) is 2. The first-order valence-corrected chi connectivity index (χ1v) is 25.9. The molecule has 0 fully saturated rings. The molecule has 4 aromatic rings. The van der Waals surface area contributed by atoms with Gasteiger partial charge in [-0.25, -0.2) is 4.79 Å². The standard InChI is InChI=1S/C56H75ClN6O12/c1-8-9-51(62(7)55(68)75-56(4,5)6)54(67)61-46-19-21-47(22-20-46)74-38-52(65)58-24-26-69-28-30-71-32-34-73-35-33-72-31-29-70-27-25-59-53(66)42-12-10-41(11-13-42)43-14-23-50-48(37-43)49(36-39(2)63(50)40(3)64)60-45-17-15-44(57)16-18-45/h10-23,37,39,49,51,60H,8-9,24-36,38H2,1-7H3,(H,58,65)(H,59,66)(H,61,67)/t39-,49+,51?/m0/s1. The largest absolute Gasteiger partial charge is 0.484 e. The summed E-state index contributed by atoms with van der Waals surface area (Å²) in [6.07, 6.45) is 1.33. The third-order valence-corrected chi connectivity index (χ3v) is 12.0. The molecule has 1 aliphatic rings. The van der Waals surface area contributed by atoms with Gasteiger partial charge in [-0.1, -0.05) is 43.1 Å². The molecule has 75 heavy (non-hydrogen) atoms. The third kappa shape index (κ3) is 20.4. The monoisotopic (exact) mass is 1060 g/mol. The SMILES string of the molecule is CCCC(C(=O)Nc1ccc(OCC(=O)NCCOCCOCCOCCOCCOCCNC(=O)c2ccc(-c3ccc4c(c3)[C@H](Nc3ccc(Cl)cc3)C[C@H](C)N4C(C)=O)cc2)cc1)N(C)C(=O)OC(C)(C)C. The van der Waals surface area contributed by atoms with Crippen LogP contribution in [-0.4, -0.2) is 145 Å². The number of halogens is 1. The summed E-state index contributed by atoms with van der Waals surface area (Å²) in [4.78, 5) is 66.6. The Bertz CT molecular complexity index is 2420. The maximum absolute atomic E-state index is 13.0. The van der Waals surface area contributed by atoms with Crippen molar-refractivity contribution in [2.45, 2.75) is 84.5 Å². The first-order chi connectivity index (χ1) is 36.0. The smallest absolute Gasteiger partial charge is 0.410 e. The summed E-state index contributed by atoms with van der Waals surface area (Å²) in [7, 11) is 1.55. The molecule has 0 aromatic heterocycles. The number of anilines is 3. The van der Waals surface area contributed by atoms with Crippen LogP contribution in [0.1, 0.15) is 82.8 Å².